The van der Waals surface area contributed by atoms with E-state index in [0.717, 1.165) is 19.4 Å². The molecular weight excluding hydrogens is 194 g/mol. The zero-order valence-corrected chi connectivity index (χ0v) is 8.30. The highest BCUT2D eigenvalue weighted by atomic mass is 15.5. The number of hydrogen-bond acceptors (Lipinski definition) is 5. The number of nitrogens with two attached hydrogens (primary N) is 1. The number of nitrogens with one attached hydrogen (secondary N) is 1. The largest absolute Gasteiger partial charge is 0.342 e. The van der Waals surface area contributed by atoms with E-state index in [9.17, 15) is 0 Å². The average molecular weight is 207 g/mol. The Balaban J connectivity index is 2.09. The first-order valence-electron chi connectivity index (χ1n) is 4.88. The van der Waals surface area contributed by atoms with Gasteiger partial charge in [-0.05, 0) is 29.8 Å². The van der Waals surface area contributed by atoms with Gasteiger partial charge in [0.05, 0.1) is 0 Å². The molecule has 0 amide bonds. The Bertz CT molecular complexity index is 391. The fraction of sp³-hybridized carbons (Fsp3) is 0.500. The summed E-state index contributed by atoms with van der Waals surface area (Å²) in [7, 11) is 0. The second-order valence-corrected chi connectivity index (χ2v) is 3.16. The van der Waals surface area contributed by atoms with E-state index in [2.05, 4.69) is 25.5 Å². The summed E-state index contributed by atoms with van der Waals surface area (Å²) in [6.07, 6.45) is 5.36. The number of unbranched alkanes of at least 4 members (excludes halogenated alkanes) is 1. The van der Waals surface area contributed by atoms with E-state index in [-0.39, 0.29) is 0 Å². The van der Waals surface area contributed by atoms with Crippen LogP contribution >= 0.6 is 0 Å². The van der Waals surface area contributed by atoms with Gasteiger partial charge in [0, 0.05) is 18.9 Å². The zero-order chi connectivity index (χ0) is 10.5. The SMILES string of the molecule is NCCCCn1nnnc1-c1ncc[nH]1. The number of nitrogens with zero attached hydrogens (tertiary/aromatic N) is 5. The Hall–Kier alpha value is -1.76. The predicted octanol–water partition coefficient (Wildman–Crippen LogP) is -0.198. The van der Waals surface area contributed by atoms with E-state index in [0.29, 0.717) is 18.2 Å². The summed E-state index contributed by atoms with van der Waals surface area (Å²) >= 11 is 0. The van der Waals surface area contributed by atoms with Gasteiger partial charge < -0.3 is 10.7 Å². The molecule has 0 aliphatic rings. The molecule has 7 heteroatoms. The van der Waals surface area contributed by atoms with Crippen molar-refractivity contribution in [3.8, 4) is 11.6 Å². The molecule has 3 N–H and O–H groups in total. The molecule has 0 aliphatic heterocycles. The fourth-order valence-electron chi connectivity index (χ4n) is 1.32. The summed E-state index contributed by atoms with van der Waals surface area (Å²) < 4.78 is 1.73. The van der Waals surface area contributed by atoms with E-state index < -0.39 is 0 Å². The highest BCUT2D eigenvalue weighted by Crippen LogP contribution is 2.09. The number of tetrazole rings is 1. The number of imidazole rings is 1. The number of aromatic amines is 1. The summed E-state index contributed by atoms with van der Waals surface area (Å²) in [5.74, 6) is 1.35. The lowest BCUT2D eigenvalue weighted by Crippen LogP contribution is -2.06. The predicted molar refractivity (Wildman–Crippen MR) is 53.7 cm³/mol. The molecule has 0 bridgehead atoms. The van der Waals surface area contributed by atoms with Crippen LogP contribution in [-0.4, -0.2) is 36.7 Å². The van der Waals surface area contributed by atoms with Crippen molar-refractivity contribution in [2.75, 3.05) is 6.54 Å². The first-order chi connectivity index (χ1) is 7.42. The first-order valence-corrected chi connectivity index (χ1v) is 4.88. The fourth-order valence-corrected chi connectivity index (χ4v) is 1.32. The van der Waals surface area contributed by atoms with Gasteiger partial charge in [-0.2, -0.15) is 0 Å². The molecule has 0 saturated heterocycles. The third-order valence-corrected chi connectivity index (χ3v) is 2.07. The molecule has 0 atom stereocenters. The Labute approximate surface area is 86.7 Å². The summed E-state index contributed by atoms with van der Waals surface area (Å²) in [6, 6.07) is 0. The molecule has 7 nitrogen and oxygen atoms in total. The van der Waals surface area contributed by atoms with Crippen LogP contribution in [0.15, 0.2) is 12.4 Å². The minimum absolute atomic E-state index is 0.664. The van der Waals surface area contributed by atoms with Gasteiger partial charge >= 0.3 is 0 Å². The highest BCUT2D eigenvalue weighted by Gasteiger charge is 2.09. The molecular formula is C8H13N7. The molecule has 0 spiro atoms. The number of aromatic nitrogens is 6. The van der Waals surface area contributed by atoms with E-state index in [1.807, 2.05) is 0 Å². The summed E-state index contributed by atoms with van der Waals surface area (Å²) in [6.45, 7) is 1.46. The molecule has 0 fully saturated rings. The molecule has 0 aliphatic carbocycles. The van der Waals surface area contributed by atoms with Crippen LogP contribution in [0.4, 0.5) is 0 Å². The highest BCUT2D eigenvalue weighted by molar-refractivity contribution is 5.40. The van der Waals surface area contributed by atoms with E-state index in [1.165, 1.54) is 0 Å². The molecule has 0 radical (unpaired) electrons. The van der Waals surface area contributed by atoms with Gasteiger partial charge in [-0.1, -0.05) is 0 Å². The standard InChI is InChI=1S/C8H13N7/c9-3-1-2-6-15-8(12-13-14-15)7-10-4-5-11-7/h4-5H,1-3,6,9H2,(H,10,11). The average Bonchev–Trinajstić information content (AvgIpc) is 2.87. The van der Waals surface area contributed by atoms with Gasteiger partial charge in [0.25, 0.3) is 0 Å². The molecule has 2 heterocycles. The van der Waals surface area contributed by atoms with Crippen molar-refractivity contribution in [2.24, 2.45) is 5.73 Å². The normalized spacial score (nSPS) is 10.7. The second-order valence-electron chi connectivity index (χ2n) is 3.16. The number of H-pyrrole nitrogens is 1. The van der Waals surface area contributed by atoms with Crippen LogP contribution in [0.3, 0.4) is 0 Å². The van der Waals surface area contributed by atoms with Gasteiger partial charge in [-0.3, -0.25) is 0 Å². The van der Waals surface area contributed by atoms with Gasteiger partial charge in [0.1, 0.15) is 0 Å². The van der Waals surface area contributed by atoms with Crippen LogP contribution in [0.2, 0.25) is 0 Å². The first kappa shape index (κ1) is 9.78. The summed E-state index contributed by atoms with van der Waals surface area (Å²) in [5, 5.41) is 11.4. The van der Waals surface area contributed by atoms with Gasteiger partial charge in [-0.25, -0.2) is 9.67 Å². The molecule has 15 heavy (non-hydrogen) atoms. The van der Waals surface area contributed by atoms with Crippen LogP contribution in [0.1, 0.15) is 12.8 Å². The summed E-state index contributed by atoms with van der Waals surface area (Å²) in [5.41, 5.74) is 5.42. The van der Waals surface area contributed by atoms with Crippen molar-refractivity contribution in [3.63, 3.8) is 0 Å². The monoisotopic (exact) mass is 207 g/mol. The lowest BCUT2D eigenvalue weighted by atomic mass is 10.3. The topological polar surface area (TPSA) is 98.3 Å². The lowest BCUT2D eigenvalue weighted by molar-refractivity contribution is 0.547. The van der Waals surface area contributed by atoms with Crippen molar-refractivity contribution in [2.45, 2.75) is 19.4 Å². The Kier molecular flexibility index (Phi) is 3.03. The van der Waals surface area contributed by atoms with Crippen molar-refractivity contribution < 1.29 is 0 Å². The summed E-state index contributed by atoms with van der Waals surface area (Å²) in [4.78, 5) is 7.08. The Morgan fingerprint density at radius 2 is 2.33 bits per heavy atom. The molecule has 0 unspecified atom stereocenters. The second kappa shape index (κ2) is 4.65. The van der Waals surface area contributed by atoms with E-state index in [4.69, 9.17) is 5.73 Å². The maximum absolute atomic E-state index is 5.42. The van der Waals surface area contributed by atoms with Crippen LogP contribution < -0.4 is 5.73 Å². The molecule has 80 valence electrons. The quantitative estimate of drug-likeness (QED) is 0.662. The molecule has 0 aromatic carbocycles. The number of rotatable bonds is 5. The Morgan fingerprint density at radius 3 is 3.07 bits per heavy atom. The van der Waals surface area contributed by atoms with Gasteiger partial charge in [0.2, 0.25) is 5.82 Å². The van der Waals surface area contributed by atoms with E-state index >= 15 is 0 Å². The van der Waals surface area contributed by atoms with E-state index in [1.54, 1.807) is 17.1 Å². The maximum Gasteiger partial charge on any atom is 0.217 e. The van der Waals surface area contributed by atoms with Crippen LogP contribution in [-0.2, 0) is 6.54 Å². The zero-order valence-electron chi connectivity index (χ0n) is 8.30. The molecule has 0 saturated carbocycles. The van der Waals surface area contributed by atoms with Gasteiger partial charge in [-0.15, -0.1) is 5.10 Å². The molecule has 2 rings (SSSR count). The minimum atomic E-state index is 0.664. The minimum Gasteiger partial charge on any atom is -0.342 e. The third kappa shape index (κ3) is 2.18. The molecule has 2 aromatic rings. The van der Waals surface area contributed by atoms with Crippen LogP contribution in [0.25, 0.3) is 11.6 Å². The number of hydrogen-bond donors (Lipinski definition) is 2. The van der Waals surface area contributed by atoms with Crippen LogP contribution in [0, 0.1) is 0 Å². The van der Waals surface area contributed by atoms with Crippen molar-refractivity contribution >= 4 is 0 Å². The molecule has 2 aromatic heterocycles. The smallest absolute Gasteiger partial charge is 0.217 e. The van der Waals surface area contributed by atoms with Crippen LogP contribution in [0.5, 0.6) is 0 Å². The van der Waals surface area contributed by atoms with Crippen molar-refractivity contribution in [1.82, 2.24) is 30.2 Å². The Morgan fingerprint density at radius 1 is 1.40 bits per heavy atom. The lowest BCUT2D eigenvalue weighted by Gasteiger charge is -2.01. The van der Waals surface area contributed by atoms with Crippen molar-refractivity contribution in [1.29, 1.82) is 0 Å². The maximum atomic E-state index is 5.42. The number of aryl methyl sites for hydroxylation is 1. The van der Waals surface area contributed by atoms with Crippen molar-refractivity contribution in [3.05, 3.63) is 12.4 Å². The third-order valence-electron chi connectivity index (χ3n) is 2.07. The van der Waals surface area contributed by atoms with Gasteiger partial charge in [0.15, 0.2) is 5.82 Å².